The first-order chi connectivity index (χ1) is 13.8. The lowest BCUT2D eigenvalue weighted by Crippen LogP contribution is -2.11. The number of carbonyl (C=O) groups excluding carboxylic acids is 1. The Morgan fingerprint density at radius 2 is 1.83 bits per heavy atom. The maximum Gasteiger partial charge on any atom is 0.291 e. The van der Waals surface area contributed by atoms with Gasteiger partial charge in [0.2, 0.25) is 0 Å². The van der Waals surface area contributed by atoms with E-state index in [4.69, 9.17) is 16.0 Å². The molecule has 0 saturated carbocycles. The average molecular weight is 430 g/mol. The topological polar surface area (TPSA) is 60.1 Å². The number of rotatable bonds is 7. The number of aryl methyl sites for hydroxylation is 1. The first-order valence-electron chi connectivity index (χ1n) is 8.61. The van der Waals surface area contributed by atoms with Gasteiger partial charge in [0.15, 0.2) is 5.76 Å². The van der Waals surface area contributed by atoms with Crippen molar-refractivity contribution in [2.75, 3.05) is 5.32 Å². The van der Waals surface area contributed by atoms with E-state index in [1.54, 1.807) is 12.1 Å². The number of halogens is 5. The smallest absolute Gasteiger partial charge is 0.291 e. The van der Waals surface area contributed by atoms with Gasteiger partial charge in [0, 0.05) is 5.69 Å². The summed E-state index contributed by atoms with van der Waals surface area (Å²) in [5.41, 5.74) is -0.0906. The summed E-state index contributed by atoms with van der Waals surface area (Å²) in [6, 6.07) is 9.96. The van der Waals surface area contributed by atoms with Crippen LogP contribution in [0.5, 0.6) is 0 Å². The minimum atomic E-state index is -3.11. The Morgan fingerprint density at radius 3 is 2.41 bits per heavy atom. The molecule has 2 aromatic heterocycles. The first kappa shape index (κ1) is 20.9. The van der Waals surface area contributed by atoms with Crippen molar-refractivity contribution in [1.82, 2.24) is 9.78 Å². The maximum atomic E-state index is 13.2. The third-order valence-corrected chi connectivity index (χ3v) is 4.57. The molecular weight excluding hydrogens is 414 g/mol. The molecule has 154 valence electrons. The maximum absolute atomic E-state index is 13.2. The Hall–Kier alpha value is -2.81. The van der Waals surface area contributed by atoms with E-state index in [0.29, 0.717) is 10.4 Å². The molecular formula is C19H16ClF4N3O2. The fourth-order valence-corrected chi connectivity index (χ4v) is 2.99. The van der Waals surface area contributed by atoms with Crippen molar-refractivity contribution in [1.29, 1.82) is 0 Å². The molecule has 1 N–H and O–H groups in total. The highest BCUT2D eigenvalue weighted by Gasteiger charge is 2.28. The predicted molar refractivity (Wildman–Crippen MR) is 98.7 cm³/mol. The number of alkyl halides is 4. The van der Waals surface area contributed by atoms with Gasteiger partial charge < -0.3 is 9.73 Å². The lowest BCUT2D eigenvalue weighted by Gasteiger charge is -2.06. The van der Waals surface area contributed by atoms with Crippen LogP contribution in [0.15, 0.2) is 40.8 Å². The third-order valence-electron chi connectivity index (χ3n) is 4.18. The second kappa shape index (κ2) is 8.69. The van der Waals surface area contributed by atoms with Gasteiger partial charge in [0.05, 0.1) is 11.6 Å². The van der Waals surface area contributed by atoms with Gasteiger partial charge in [-0.15, -0.1) is 0 Å². The fraction of sp³-hybridized carbons (Fsp3) is 0.263. The molecule has 0 aliphatic rings. The average Bonchev–Trinajstić information content (AvgIpc) is 3.27. The molecule has 1 amide bonds. The Balaban J connectivity index is 1.76. The number of amides is 1. The highest BCUT2D eigenvalue weighted by molar-refractivity contribution is 6.32. The highest BCUT2D eigenvalue weighted by atomic mass is 35.5. The number of carbonyl (C=O) groups is 1. The van der Waals surface area contributed by atoms with Crippen LogP contribution in [-0.2, 0) is 13.0 Å². The van der Waals surface area contributed by atoms with E-state index >= 15 is 0 Å². The van der Waals surface area contributed by atoms with E-state index in [1.807, 2.05) is 19.1 Å². The zero-order valence-corrected chi connectivity index (χ0v) is 15.9. The quantitative estimate of drug-likeness (QED) is 0.478. The summed E-state index contributed by atoms with van der Waals surface area (Å²) < 4.78 is 58.3. The number of benzene rings is 1. The van der Waals surface area contributed by atoms with Crippen LogP contribution in [0.4, 0.5) is 23.2 Å². The largest absolute Gasteiger partial charge is 0.454 e. The summed E-state index contributed by atoms with van der Waals surface area (Å²) in [6.45, 7) is 1.62. The van der Waals surface area contributed by atoms with E-state index in [-0.39, 0.29) is 18.1 Å². The van der Waals surface area contributed by atoms with Gasteiger partial charge in [-0.2, -0.15) is 5.10 Å². The Kier molecular flexibility index (Phi) is 6.26. The molecule has 0 radical (unpaired) electrons. The van der Waals surface area contributed by atoms with E-state index < -0.39 is 35.2 Å². The lowest BCUT2D eigenvalue weighted by molar-refractivity contribution is 0.0994. The van der Waals surface area contributed by atoms with Gasteiger partial charge in [-0.25, -0.2) is 17.6 Å². The van der Waals surface area contributed by atoms with Crippen LogP contribution in [0.2, 0.25) is 5.02 Å². The number of hydrogen-bond donors (Lipinski definition) is 1. The van der Waals surface area contributed by atoms with Crippen LogP contribution in [0.25, 0.3) is 0 Å². The molecule has 0 bridgehead atoms. The molecule has 2 heterocycles. The van der Waals surface area contributed by atoms with Crippen molar-refractivity contribution in [3.05, 3.63) is 69.9 Å². The standard InChI is InChI=1S/C19H16ClF4N3O2/c1-2-10-3-5-11(6-4-10)25-19(28)13-8-7-12(29-13)9-27-16(18(23)24)14(20)15(26-27)17(21)22/h3-8,17-18H,2,9H2,1H3,(H,25,28). The second-order valence-electron chi connectivity index (χ2n) is 6.11. The van der Waals surface area contributed by atoms with Crippen molar-refractivity contribution in [3.8, 4) is 0 Å². The molecule has 1 aromatic carbocycles. The van der Waals surface area contributed by atoms with Gasteiger partial charge >= 0.3 is 0 Å². The van der Waals surface area contributed by atoms with Crippen molar-refractivity contribution in [2.24, 2.45) is 0 Å². The fourth-order valence-electron chi connectivity index (χ4n) is 2.69. The van der Waals surface area contributed by atoms with E-state index in [9.17, 15) is 22.4 Å². The van der Waals surface area contributed by atoms with Crippen molar-refractivity contribution < 1.29 is 26.8 Å². The Morgan fingerprint density at radius 1 is 1.14 bits per heavy atom. The Bertz CT molecular complexity index is 1000. The van der Waals surface area contributed by atoms with Crippen LogP contribution in [0.1, 0.15) is 53.0 Å². The summed E-state index contributed by atoms with van der Waals surface area (Å²) in [6.07, 6.45) is -5.34. The van der Waals surface area contributed by atoms with Gasteiger partial charge in [-0.05, 0) is 36.2 Å². The molecule has 0 saturated heterocycles. The molecule has 29 heavy (non-hydrogen) atoms. The SMILES string of the molecule is CCc1ccc(NC(=O)c2ccc(Cn3nc(C(F)F)c(Cl)c3C(F)F)o2)cc1. The molecule has 0 spiro atoms. The van der Waals surface area contributed by atoms with Crippen LogP contribution in [0.3, 0.4) is 0 Å². The van der Waals surface area contributed by atoms with Crippen molar-refractivity contribution in [2.45, 2.75) is 32.7 Å². The minimum absolute atomic E-state index is 0.0644. The van der Waals surface area contributed by atoms with Crippen molar-refractivity contribution >= 4 is 23.2 Å². The summed E-state index contributed by atoms with van der Waals surface area (Å²) in [7, 11) is 0. The summed E-state index contributed by atoms with van der Waals surface area (Å²) in [4.78, 5) is 12.3. The van der Waals surface area contributed by atoms with Gasteiger partial charge in [-0.3, -0.25) is 9.48 Å². The predicted octanol–water partition coefficient (Wildman–Crippen LogP) is 5.87. The second-order valence-corrected chi connectivity index (χ2v) is 6.49. The molecule has 0 unspecified atom stereocenters. The molecule has 3 aromatic rings. The van der Waals surface area contributed by atoms with Crippen LogP contribution < -0.4 is 5.32 Å². The zero-order chi connectivity index (χ0) is 21.1. The number of anilines is 1. The zero-order valence-electron chi connectivity index (χ0n) is 15.1. The molecule has 3 rings (SSSR count). The molecule has 0 fully saturated rings. The van der Waals surface area contributed by atoms with Crippen LogP contribution in [0, 0.1) is 0 Å². The van der Waals surface area contributed by atoms with E-state index in [0.717, 1.165) is 12.0 Å². The Labute approximate surface area is 168 Å². The molecule has 5 nitrogen and oxygen atoms in total. The van der Waals surface area contributed by atoms with Gasteiger partial charge in [0.1, 0.15) is 17.1 Å². The molecule has 10 heteroatoms. The van der Waals surface area contributed by atoms with Gasteiger partial charge in [0.25, 0.3) is 18.8 Å². The molecule has 0 aliphatic heterocycles. The van der Waals surface area contributed by atoms with Crippen LogP contribution in [-0.4, -0.2) is 15.7 Å². The highest BCUT2D eigenvalue weighted by Crippen LogP contribution is 2.35. The number of hydrogen-bond acceptors (Lipinski definition) is 3. The molecule has 0 atom stereocenters. The normalized spacial score (nSPS) is 11.4. The summed E-state index contributed by atoms with van der Waals surface area (Å²) in [5, 5.41) is 5.32. The summed E-state index contributed by atoms with van der Waals surface area (Å²) in [5.74, 6) is -0.523. The minimum Gasteiger partial charge on any atom is -0.454 e. The van der Waals surface area contributed by atoms with E-state index in [2.05, 4.69) is 10.4 Å². The molecule has 0 aliphatic carbocycles. The van der Waals surface area contributed by atoms with E-state index in [1.165, 1.54) is 12.1 Å². The number of nitrogens with one attached hydrogen (secondary N) is 1. The first-order valence-corrected chi connectivity index (χ1v) is 8.99. The number of aromatic nitrogens is 2. The lowest BCUT2D eigenvalue weighted by atomic mass is 10.1. The van der Waals surface area contributed by atoms with Crippen molar-refractivity contribution in [3.63, 3.8) is 0 Å². The monoisotopic (exact) mass is 429 g/mol. The van der Waals surface area contributed by atoms with Gasteiger partial charge in [-0.1, -0.05) is 30.7 Å². The number of furan rings is 1. The summed E-state index contributed by atoms with van der Waals surface area (Å²) >= 11 is 5.62. The third kappa shape index (κ3) is 4.61. The number of nitrogens with zero attached hydrogens (tertiary/aromatic N) is 2. The van der Waals surface area contributed by atoms with Crippen LogP contribution >= 0.6 is 11.6 Å².